The molecule has 0 saturated carbocycles. The molecule has 0 aromatic carbocycles. The average Bonchev–Trinajstić information content (AvgIpc) is 2.83. The smallest absolute Gasteiger partial charge is 0.219 e. The third-order valence-electron chi connectivity index (χ3n) is 3.53. The zero-order valence-electron chi connectivity index (χ0n) is 11.5. The minimum atomic E-state index is -3.40. The normalized spacial score (nSPS) is 19.6. The number of nitrogens with zero attached hydrogens (tertiary/aromatic N) is 3. The van der Waals surface area contributed by atoms with E-state index in [1.807, 2.05) is 6.26 Å². The van der Waals surface area contributed by atoms with Gasteiger partial charge in [-0.25, -0.2) is 12.7 Å². The molecule has 2 heterocycles. The second kappa shape index (κ2) is 5.76. The summed E-state index contributed by atoms with van der Waals surface area (Å²) in [4.78, 5) is 0. The molecule has 1 saturated heterocycles. The van der Waals surface area contributed by atoms with E-state index in [4.69, 9.17) is 4.52 Å². The van der Waals surface area contributed by atoms with E-state index in [1.165, 1.54) is 16.1 Å². The van der Waals surface area contributed by atoms with Gasteiger partial charge in [0.05, 0.1) is 6.07 Å². The summed E-state index contributed by atoms with van der Waals surface area (Å²) in [6.07, 6.45) is 3.01. The summed E-state index contributed by atoms with van der Waals surface area (Å²) in [6, 6.07) is 3.93. The minimum Gasteiger partial charge on any atom is -0.361 e. The topological polar surface area (TPSA) is 87.2 Å². The van der Waals surface area contributed by atoms with Crippen LogP contribution in [0.4, 0.5) is 0 Å². The van der Waals surface area contributed by atoms with Gasteiger partial charge in [0.15, 0.2) is 0 Å². The van der Waals surface area contributed by atoms with E-state index in [9.17, 15) is 13.7 Å². The Hall–Kier alpha value is -1.04. The largest absolute Gasteiger partial charge is 0.361 e. The van der Waals surface area contributed by atoms with E-state index >= 15 is 0 Å². The Labute approximate surface area is 123 Å². The highest BCUT2D eigenvalue weighted by atomic mass is 32.2. The third-order valence-corrected chi connectivity index (χ3v) is 6.62. The van der Waals surface area contributed by atoms with Gasteiger partial charge >= 0.3 is 0 Å². The van der Waals surface area contributed by atoms with E-state index in [2.05, 4.69) is 11.2 Å². The van der Waals surface area contributed by atoms with E-state index in [0.29, 0.717) is 37.4 Å². The van der Waals surface area contributed by atoms with Gasteiger partial charge in [-0.05, 0) is 26.0 Å². The molecule has 1 aliphatic heterocycles. The summed E-state index contributed by atoms with van der Waals surface area (Å²) in [6.45, 7) is 2.49. The molecule has 1 aliphatic rings. The lowest BCUT2D eigenvalue weighted by molar-refractivity contribution is 0.326. The lowest BCUT2D eigenvalue weighted by Gasteiger charge is -2.35. The molecule has 0 spiro atoms. The van der Waals surface area contributed by atoms with Crippen LogP contribution < -0.4 is 0 Å². The van der Waals surface area contributed by atoms with Crippen LogP contribution in [0.5, 0.6) is 0 Å². The van der Waals surface area contributed by atoms with Crippen LogP contribution in [0.3, 0.4) is 0 Å². The molecule has 0 amide bonds. The van der Waals surface area contributed by atoms with Crippen molar-refractivity contribution in [3.05, 3.63) is 17.5 Å². The number of sulfonamides is 1. The summed E-state index contributed by atoms with van der Waals surface area (Å²) in [5, 5.41) is 12.9. The lowest BCUT2D eigenvalue weighted by Crippen LogP contribution is -2.44. The van der Waals surface area contributed by atoms with Crippen LogP contribution in [0.2, 0.25) is 0 Å². The Kier molecular flexibility index (Phi) is 4.42. The molecule has 0 atom stereocenters. The summed E-state index contributed by atoms with van der Waals surface area (Å²) in [7, 11) is -3.40. The Morgan fingerprint density at radius 2 is 2.20 bits per heavy atom. The number of thioether (sulfide) groups is 1. The van der Waals surface area contributed by atoms with Crippen LogP contribution in [0.1, 0.15) is 24.3 Å². The fourth-order valence-corrected chi connectivity index (χ4v) is 4.36. The van der Waals surface area contributed by atoms with Crippen LogP contribution in [0, 0.1) is 18.3 Å². The fraction of sp³-hybridized carbons (Fsp3) is 0.667. The van der Waals surface area contributed by atoms with Crippen molar-refractivity contribution in [1.82, 2.24) is 9.46 Å². The molecule has 0 N–H and O–H groups in total. The van der Waals surface area contributed by atoms with Crippen LogP contribution in [-0.2, 0) is 15.8 Å². The molecular formula is C12H17N3O3S2. The molecule has 1 fully saturated rings. The first kappa shape index (κ1) is 15.4. The molecule has 0 bridgehead atoms. The second-order valence-corrected chi connectivity index (χ2v) is 8.05. The van der Waals surface area contributed by atoms with Gasteiger partial charge < -0.3 is 4.52 Å². The number of rotatable bonds is 4. The molecule has 20 heavy (non-hydrogen) atoms. The first-order valence-electron chi connectivity index (χ1n) is 6.27. The summed E-state index contributed by atoms with van der Waals surface area (Å²) in [5.74, 6) is 0.447. The highest BCUT2D eigenvalue weighted by Gasteiger charge is 2.37. The van der Waals surface area contributed by atoms with E-state index in [0.717, 1.165) is 0 Å². The fourth-order valence-electron chi connectivity index (χ4n) is 2.25. The molecule has 2 rings (SSSR count). The van der Waals surface area contributed by atoms with Gasteiger partial charge in [0, 0.05) is 19.2 Å². The van der Waals surface area contributed by atoms with Crippen LogP contribution in [0.25, 0.3) is 0 Å². The average molecular weight is 315 g/mol. The third kappa shape index (κ3) is 3.16. The number of nitriles is 1. The second-order valence-electron chi connectivity index (χ2n) is 4.89. The monoisotopic (exact) mass is 315 g/mol. The number of hydrogen-bond donors (Lipinski definition) is 0. The first-order valence-corrected chi connectivity index (χ1v) is 9.11. The molecule has 0 unspecified atom stereocenters. The van der Waals surface area contributed by atoms with Crippen molar-refractivity contribution in [2.45, 2.75) is 30.3 Å². The lowest BCUT2D eigenvalue weighted by atomic mass is 9.99. The molecule has 0 aliphatic carbocycles. The van der Waals surface area contributed by atoms with Crippen molar-refractivity contribution >= 4 is 21.8 Å². The van der Waals surface area contributed by atoms with Gasteiger partial charge in [0.1, 0.15) is 22.0 Å². The molecule has 0 radical (unpaired) electrons. The molecule has 1 aromatic heterocycles. The minimum absolute atomic E-state index is 0.150. The predicted molar refractivity (Wildman–Crippen MR) is 76.5 cm³/mol. The van der Waals surface area contributed by atoms with Crippen molar-refractivity contribution in [1.29, 1.82) is 5.26 Å². The predicted octanol–water partition coefficient (Wildman–Crippen LogP) is 1.53. The Morgan fingerprint density at radius 3 is 2.65 bits per heavy atom. The Bertz CT molecular complexity index is 610. The highest BCUT2D eigenvalue weighted by Crippen LogP contribution is 2.34. The van der Waals surface area contributed by atoms with Crippen LogP contribution >= 0.6 is 11.8 Å². The zero-order valence-corrected chi connectivity index (χ0v) is 13.1. The maximum Gasteiger partial charge on any atom is 0.219 e. The molecule has 8 heteroatoms. The van der Waals surface area contributed by atoms with Gasteiger partial charge in [0.25, 0.3) is 0 Å². The summed E-state index contributed by atoms with van der Waals surface area (Å²) in [5.41, 5.74) is 0.421. The SMILES string of the molecule is CSC1(C#N)CCN(S(=O)(=O)Cc2cc(C)on2)CC1. The van der Waals surface area contributed by atoms with Crippen molar-refractivity contribution in [2.75, 3.05) is 19.3 Å². The van der Waals surface area contributed by atoms with Crippen molar-refractivity contribution in [2.24, 2.45) is 0 Å². The molecule has 1 aromatic rings. The number of aryl methyl sites for hydroxylation is 1. The van der Waals surface area contributed by atoms with E-state index in [1.54, 1.807) is 13.0 Å². The van der Waals surface area contributed by atoms with Gasteiger partial charge in [-0.2, -0.15) is 5.26 Å². The number of hydrogen-bond acceptors (Lipinski definition) is 6. The van der Waals surface area contributed by atoms with Gasteiger partial charge in [0.2, 0.25) is 10.0 Å². The Balaban J connectivity index is 2.04. The standard InChI is InChI=1S/C12H17N3O3S2/c1-10-7-11(14-18-10)8-20(16,17)15-5-3-12(9-13,19-2)4-6-15/h7H,3-6,8H2,1-2H3. The highest BCUT2D eigenvalue weighted by molar-refractivity contribution is 8.00. The first-order chi connectivity index (χ1) is 9.41. The number of aromatic nitrogens is 1. The van der Waals surface area contributed by atoms with Crippen LogP contribution in [-0.4, -0.2) is 42.0 Å². The van der Waals surface area contributed by atoms with Gasteiger partial charge in [-0.3, -0.25) is 0 Å². The summed E-state index contributed by atoms with van der Waals surface area (Å²) >= 11 is 1.50. The number of piperidine rings is 1. The maximum atomic E-state index is 12.3. The summed E-state index contributed by atoms with van der Waals surface area (Å²) < 4.78 is 30.5. The van der Waals surface area contributed by atoms with Crippen molar-refractivity contribution in [3.8, 4) is 6.07 Å². The Morgan fingerprint density at radius 1 is 1.55 bits per heavy atom. The van der Waals surface area contributed by atoms with Crippen molar-refractivity contribution < 1.29 is 12.9 Å². The zero-order chi connectivity index (χ0) is 14.8. The van der Waals surface area contributed by atoms with Crippen LogP contribution in [0.15, 0.2) is 10.6 Å². The maximum absolute atomic E-state index is 12.3. The van der Waals surface area contributed by atoms with Gasteiger partial charge in [-0.1, -0.05) is 5.16 Å². The molecule has 110 valence electrons. The quantitative estimate of drug-likeness (QED) is 0.837. The van der Waals surface area contributed by atoms with Crippen molar-refractivity contribution in [3.63, 3.8) is 0 Å². The molecule has 6 nitrogen and oxygen atoms in total. The molecular weight excluding hydrogens is 298 g/mol. The van der Waals surface area contributed by atoms with E-state index in [-0.39, 0.29) is 5.75 Å². The van der Waals surface area contributed by atoms with E-state index < -0.39 is 14.8 Å². The van der Waals surface area contributed by atoms with Gasteiger partial charge in [-0.15, -0.1) is 11.8 Å².